The number of anilines is 2. The summed E-state index contributed by atoms with van der Waals surface area (Å²) in [6, 6.07) is 12.1. The van der Waals surface area contributed by atoms with E-state index in [2.05, 4.69) is 5.32 Å². The lowest BCUT2D eigenvalue weighted by Gasteiger charge is -2.28. The molecule has 1 saturated heterocycles. The third-order valence-electron chi connectivity index (χ3n) is 4.14. The Morgan fingerprint density at radius 1 is 1.12 bits per heavy atom. The molecular formula is C18H19ClN2O3S. The monoisotopic (exact) mass is 378 g/mol. The van der Waals surface area contributed by atoms with E-state index < -0.39 is 10.0 Å². The first-order valence-electron chi connectivity index (χ1n) is 8.05. The molecule has 1 aliphatic heterocycles. The minimum absolute atomic E-state index is 0.126. The summed E-state index contributed by atoms with van der Waals surface area (Å²) in [7, 11) is -3.34. The summed E-state index contributed by atoms with van der Waals surface area (Å²) in [5, 5.41) is 3.07. The zero-order valence-electron chi connectivity index (χ0n) is 13.8. The van der Waals surface area contributed by atoms with Crippen LogP contribution >= 0.6 is 11.6 Å². The largest absolute Gasteiger partial charge is 0.322 e. The first-order chi connectivity index (χ1) is 11.9. The molecule has 0 saturated carbocycles. The van der Waals surface area contributed by atoms with Gasteiger partial charge in [0.25, 0.3) is 5.91 Å². The minimum atomic E-state index is -3.34. The van der Waals surface area contributed by atoms with Crippen LogP contribution in [0.1, 0.15) is 28.8 Å². The maximum absolute atomic E-state index is 12.6. The third-order valence-corrected chi connectivity index (χ3v) is 6.34. The quantitative estimate of drug-likeness (QED) is 0.882. The number of amides is 1. The van der Waals surface area contributed by atoms with E-state index in [4.69, 9.17) is 11.6 Å². The van der Waals surface area contributed by atoms with E-state index in [9.17, 15) is 13.2 Å². The second-order valence-electron chi connectivity index (χ2n) is 6.08. The highest BCUT2D eigenvalue weighted by molar-refractivity contribution is 7.92. The molecule has 0 spiro atoms. The van der Waals surface area contributed by atoms with E-state index in [1.54, 1.807) is 24.3 Å². The van der Waals surface area contributed by atoms with Crippen LogP contribution in [0.5, 0.6) is 0 Å². The van der Waals surface area contributed by atoms with Gasteiger partial charge in [0.2, 0.25) is 10.0 Å². The molecular weight excluding hydrogens is 360 g/mol. The molecule has 1 fully saturated rings. The topological polar surface area (TPSA) is 66.5 Å². The molecule has 1 heterocycles. The van der Waals surface area contributed by atoms with Crippen molar-refractivity contribution in [3.8, 4) is 0 Å². The Bertz CT molecular complexity index is 895. The fourth-order valence-corrected chi connectivity index (χ4v) is 4.59. The number of carbonyl (C=O) groups is 1. The standard InChI is InChI=1S/C18H19ClN2O3S/c1-13-4-6-14(7-5-13)20-18(22)16-12-15(8-9-17(16)19)21-10-2-3-11-25(21,23)24/h4-9,12H,2-3,10-11H2,1H3,(H,20,22). The summed E-state index contributed by atoms with van der Waals surface area (Å²) >= 11 is 6.16. The second kappa shape index (κ2) is 7.06. The SMILES string of the molecule is Cc1ccc(NC(=O)c2cc(N3CCCCS3(=O)=O)ccc2Cl)cc1. The zero-order valence-corrected chi connectivity index (χ0v) is 15.4. The fraction of sp³-hybridized carbons (Fsp3) is 0.278. The maximum Gasteiger partial charge on any atom is 0.257 e. The summed E-state index contributed by atoms with van der Waals surface area (Å²) < 4.78 is 25.9. The second-order valence-corrected chi connectivity index (χ2v) is 8.50. The molecule has 0 unspecified atom stereocenters. The van der Waals surface area contributed by atoms with Crippen molar-refractivity contribution >= 4 is 38.9 Å². The highest BCUT2D eigenvalue weighted by Crippen LogP contribution is 2.28. The summed E-state index contributed by atoms with van der Waals surface area (Å²) in [4.78, 5) is 12.6. The van der Waals surface area contributed by atoms with E-state index in [1.165, 1.54) is 10.4 Å². The number of hydrogen-bond acceptors (Lipinski definition) is 3. The average Bonchev–Trinajstić information content (AvgIpc) is 2.57. The van der Waals surface area contributed by atoms with Gasteiger partial charge in [0.15, 0.2) is 0 Å². The van der Waals surface area contributed by atoms with Gasteiger partial charge in [-0.1, -0.05) is 29.3 Å². The van der Waals surface area contributed by atoms with Crippen LogP contribution in [0.4, 0.5) is 11.4 Å². The van der Waals surface area contributed by atoms with Crippen molar-refractivity contribution in [1.82, 2.24) is 0 Å². The molecule has 1 aliphatic rings. The lowest BCUT2D eigenvalue weighted by Crippen LogP contribution is -2.38. The number of nitrogens with one attached hydrogen (secondary N) is 1. The summed E-state index contributed by atoms with van der Waals surface area (Å²) in [5.74, 6) is -0.245. The summed E-state index contributed by atoms with van der Waals surface area (Å²) in [5.41, 5.74) is 2.47. The van der Waals surface area contributed by atoms with Crippen molar-refractivity contribution in [2.75, 3.05) is 21.9 Å². The van der Waals surface area contributed by atoms with Crippen LogP contribution in [-0.4, -0.2) is 26.6 Å². The van der Waals surface area contributed by atoms with Gasteiger partial charge in [0.05, 0.1) is 22.0 Å². The van der Waals surface area contributed by atoms with Crippen LogP contribution in [0.2, 0.25) is 5.02 Å². The van der Waals surface area contributed by atoms with Gasteiger partial charge in [-0.15, -0.1) is 0 Å². The highest BCUT2D eigenvalue weighted by Gasteiger charge is 2.27. The van der Waals surface area contributed by atoms with Gasteiger partial charge < -0.3 is 5.32 Å². The van der Waals surface area contributed by atoms with E-state index in [-0.39, 0.29) is 22.2 Å². The first-order valence-corrected chi connectivity index (χ1v) is 10.0. The molecule has 1 N–H and O–H groups in total. The molecule has 2 aromatic rings. The smallest absolute Gasteiger partial charge is 0.257 e. The van der Waals surface area contributed by atoms with E-state index in [0.717, 1.165) is 12.0 Å². The molecule has 1 amide bonds. The lowest BCUT2D eigenvalue weighted by molar-refractivity contribution is 0.102. The molecule has 0 atom stereocenters. The van der Waals surface area contributed by atoms with Crippen LogP contribution in [0.15, 0.2) is 42.5 Å². The van der Waals surface area contributed by atoms with Crippen LogP contribution in [-0.2, 0) is 10.0 Å². The fourth-order valence-electron chi connectivity index (χ4n) is 2.76. The number of benzene rings is 2. The Morgan fingerprint density at radius 3 is 2.52 bits per heavy atom. The van der Waals surface area contributed by atoms with Crippen LogP contribution in [0, 0.1) is 6.92 Å². The number of hydrogen-bond donors (Lipinski definition) is 1. The number of sulfonamides is 1. The number of halogens is 1. The Kier molecular flexibility index (Phi) is 5.01. The number of carbonyl (C=O) groups excluding carboxylic acids is 1. The average molecular weight is 379 g/mol. The van der Waals surface area contributed by atoms with Crippen molar-refractivity contribution in [2.45, 2.75) is 19.8 Å². The van der Waals surface area contributed by atoms with Crippen molar-refractivity contribution in [1.29, 1.82) is 0 Å². The third kappa shape index (κ3) is 3.96. The zero-order chi connectivity index (χ0) is 18.0. The van der Waals surface area contributed by atoms with E-state index >= 15 is 0 Å². The normalized spacial score (nSPS) is 16.5. The predicted octanol–water partition coefficient (Wildman–Crippen LogP) is 3.83. The molecule has 0 aromatic heterocycles. The molecule has 7 heteroatoms. The van der Waals surface area contributed by atoms with Crippen LogP contribution < -0.4 is 9.62 Å². The molecule has 25 heavy (non-hydrogen) atoms. The van der Waals surface area contributed by atoms with Gasteiger partial charge in [-0.2, -0.15) is 0 Å². The van der Waals surface area contributed by atoms with Gasteiger partial charge in [0, 0.05) is 12.2 Å². The number of nitrogens with zero attached hydrogens (tertiary/aromatic N) is 1. The Hall–Kier alpha value is -2.05. The Labute approximate surface area is 152 Å². The van der Waals surface area contributed by atoms with E-state index in [1.807, 2.05) is 19.1 Å². The maximum atomic E-state index is 12.6. The van der Waals surface area contributed by atoms with Gasteiger partial charge in [-0.25, -0.2) is 8.42 Å². The van der Waals surface area contributed by atoms with Gasteiger partial charge in [0.1, 0.15) is 0 Å². The number of aryl methyl sites for hydroxylation is 1. The molecule has 132 valence electrons. The van der Waals surface area contributed by atoms with Crippen molar-refractivity contribution in [2.24, 2.45) is 0 Å². The van der Waals surface area contributed by atoms with Crippen molar-refractivity contribution in [3.05, 3.63) is 58.6 Å². The molecule has 3 rings (SSSR count). The number of rotatable bonds is 3. The Morgan fingerprint density at radius 2 is 1.84 bits per heavy atom. The molecule has 2 aromatic carbocycles. The lowest BCUT2D eigenvalue weighted by atomic mass is 10.1. The van der Waals surface area contributed by atoms with Gasteiger partial charge >= 0.3 is 0 Å². The minimum Gasteiger partial charge on any atom is -0.322 e. The predicted molar refractivity (Wildman–Crippen MR) is 101 cm³/mol. The molecule has 0 radical (unpaired) electrons. The van der Waals surface area contributed by atoms with E-state index in [0.29, 0.717) is 24.3 Å². The molecule has 0 aliphatic carbocycles. The van der Waals surface area contributed by atoms with Crippen LogP contribution in [0.3, 0.4) is 0 Å². The van der Waals surface area contributed by atoms with Crippen molar-refractivity contribution < 1.29 is 13.2 Å². The van der Waals surface area contributed by atoms with Gasteiger partial charge in [-0.3, -0.25) is 9.10 Å². The summed E-state index contributed by atoms with van der Waals surface area (Å²) in [6.07, 6.45) is 1.46. The Balaban J connectivity index is 1.88. The summed E-state index contributed by atoms with van der Waals surface area (Å²) in [6.45, 7) is 2.38. The molecule has 0 bridgehead atoms. The first kappa shape index (κ1) is 17.8. The molecule has 5 nitrogen and oxygen atoms in total. The van der Waals surface area contributed by atoms with Crippen molar-refractivity contribution in [3.63, 3.8) is 0 Å². The van der Waals surface area contributed by atoms with Gasteiger partial charge in [-0.05, 0) is 50.1 Å². The van der Waals surface area contributed by atoms with Crippen LogP contribution in [0.25, 0.3) is 0 Å². The highest BCUT2D eigenvalue weighted by atomic mass is 35.5.